The molecule has 0 bridgehead atoms. The normalized spacial score (nSPS) is 10.7. The van der Waals surface area contributed by atoms with Crippen LogP contribution in [0.25, 0.3) is 0 Å². The second-order valence-electron chi connectivity index (χ2n) is 4.60. The van der Waals surface area contributed by atoms with Gasteiger partial charge in [0.15, 0.2) is 11.6 Å². The maximum atomic E-state index is 13.5. The number of ether oxygens (including phenoxy) is 1. The van der Waals surface area contributed by atoms with Crippen molar-refractivity contribution in [2.75, 3.05) is 0 Å². The SMILES string of the molecule is CC(C)NCc1cncc(Oc2ccccc2F)c1. The standard InChI is InChI=1S/C15H17FN2O/c1-11(2)18-9-12-7-13(10-17-8-12)19-15-6-4-3-5-14(15)16/h3-8,10-11,18H,9H2,1-2H3. The van der Waals surface area contributed by atoms with Crippen molar-refractivity contribution < 1.29 is 9.13 Å². The Morgan fingerprint density at radius 1 is 1.26 bits per heavy atom. The highest BCUT2D eigenvalue weighted by molar-refractivity contribution is 5.32. The molecule has 0 amide bonds. The Bertz CT molecular complexity index is 543. The van der Waals surface area contributed by atoms with Gasteiger partial charge in [-0.25, -0.2) is 4.39 Å². The third-order valence-corrected chi connectivity index (χ3v) is 2.55. The third-order valence-electron chi connectivity index (χ3n) is 2.55. The summed E-state index contributed by atoms with van der Waals surface area (Å²) in [6.45, 7) is 4.86. The van der Waals surface area contributed by atoms with E-state index in [9.17, 15) is 4.39 Å². The Morgan fingerprint density at radius 2 is 2.05 bits per heavy atom. The first-order valence-electron chi connectivity index (χ1n) is 6.25. The molecular weight excluding hydrogens is 243 g/mol. The Morgan fingerprint density at radius 3 is 2.79 bits per heavy atom. The average Bonchev–Trinajstić information content (AvgIpc) is 2.40. The van der Waals surface area contributed by atoms with E-state index in [0.29, 0.717) is 18.3 Å². The number of rotatable bonds is 5. The van der Waals surface area contributed by atoms with Crippen LogP contribution < -0.4 is 10.1 Å². The van der Waals surface area contributed by atoms with Gasteiger partial charge in [-0.15, -0.1) is 0 Å². The molecule has 1 N–H and O–H groups in total. The summed E-state index contributed by atoms with van der Waals surface area (Å²) in [6, 6.07) is 8.58. The molecule has 1 aromatic heterocycles. The lowest BCUT2D eigenvalue weighted by Gasteiger charge is -2.10. The van der Waals surface area contributed by atoms with Crippen LogP contribution in [0.1, 0.15) is 19.4 Å². The molecule has 0 aliphatic carbocycles. The number of benzene rings is 1. The van der Waals surface area contributed by atoms with Gasteiger partial charge >= 0.3 is 0 Å². The van der Waals surface area contributed by atoms with Gasteiger partial charge < -0.3 is 10.1 Å². The van der Waals surface area contributed by atoms with Crippen molar-refractivity contribution >= 4 is 0 Å². The molecule has 1 aromatic carbocycles. The number of pyridine rings is 1. The Hall–Kier alpha value is -1.94. The molecule has 100 valence electrons. The van der Waals surface area contributed by atoms with E-state index in [4.69, 9.17) is 4.74 Å². The minimum atomic E-state index is -0.381. The fourth-order valence-electron chi connectivity index (χ4n) is 1.59. The lowest BCUT2D eigenvalue weighted by atomic mass is 10.2. The minimum Gasteiger partial charge on any atom is -0.453 e. The van der Waals surface area contributed by atoms with Crippen LogP contribution in [0, 0.1) is 5.82 Å². The number of hydrogen-bond donors (Lipinski definition) is 1. The Labute approximate surface area is 112 Å². The van der Waals surface area contributed by atoms with Crippen molar-refractivity contribution in [3.05, 3.63) is 54.1 Å². The summed E-state index contributed by atoms with van der Waals surface area (Å²) in [5.41, 5.74) is 1.00. The molecule has 0 aliphatic heterocycles. The summed E-state index contributed by atoms with van der Waals surface area (Å²) < 4.78 is 19.0. The van der Waals surface area contributed by atoms with Gasteiger partial charge in [-0.3, -0.25) is 4.98 Å². The van der Waals surface area contributed by atoms with Crippen LogP contribution in [0.2, 0.25) is 0 Å². The van der Waals surface area contributed by atoms with Crippen LogP contribution >= 0.6 is 0 Å². The molecule has 19 heavy (non-hydrogen) atoms. The maximum Gasteiger partial charge on any atom is 0.165 e. The summed E-state index contributed by atoms with van der Waals surface area (Å²) in [5.74, 6) is 0.361. The van der Waals surface area contributed by atoms with Gasteiger partial charge in [-0.05, 0) is 23.8 Å². The van der Waals surface area contributed by atoms with Crippen molar-refractivity contribution in [1.82, 2.24) is 10.3 Å². The van der Waals surface area contributed by atoms with Crippen LogP contribution in [-0.4, -0.2) is 11.0 Å². The number of nitrogens with zero attached hydrogens (tertiary/aromatic N) is 1. The number of hydrogen-bond acceptors (Lipinski definition) is 3. The summed E-state index contributed by atoms with van der Waals surface area (Å²) in [7, 11) is 0. The van der Waals surface area contributed by atoms with E-state index in [-0.39, 0.29) is 11.6 Å². The van der Waals surface area contributed by atoms with Gasteiger partial charge in [0.2, 0.25) is 0 Å². The van der Waals surface area contributed by atoms with E-state index in [1.165, 1.54) is 6.07 Å². The Kier molecular flexibility index (Phi) is 4.47. The molecule has 2 aromatic rings. The fourth-order valence-corrected chi connectivity index (χ4v) is 1.59. The van der Waals surface area contributed by atoms with E-state index in [1.54, 1.807) is 30.6 Å². The zero-order valence-corrected chi connectivity index (χ0v) is 11.1. The van der Waals surface area contributed by atoms with Gasteiger partial charge in [0, 0.05) is 18.8 Å². The predicted molar refractivity (Wildman–Crippen MR) is 72.7 cm³/mol. The molecule has 0 radical (unpaired) electrons. The topological polar surface area (TPSA) is 34.2 Å². The predicted octanol–water partition coefficient (Wildman–Crippen LogP) is 3.51. The third kappa shape index (κ3) is 4.03. The first kappa shape index (κ1) is 13.5. The minimum absolute atomic E-state index is 0.207. The molecule has 0 unspecified atom stereocenters. The summed E-state index contributed by atoms with van der Waals surface area (Å²) in [5, 5.41) is 3.29. The van der Waals surface area contributed by atoms with Crippen molar-refractivity contribution in [3.8, 4) is 11.5 Å². The molecular formula is C15H17FN2O. The fraction of sp³-hybridized carbons (Fsp3) is 0.267. The van der Waals surface area contributed by atoms with E-state index >= 15 is 0 Å². The highest BCUT2D eigenvalue weighted by Gasteiger charge is 2.04. The van der Waals surface area contributed by atoms with E-state index in [2.05, 4.69) is 24.1 Å². The number of nitrogens with one attached hydrogen (secondary N) is 1. The van der Waals surface area contributed by atoms with Crippen molar-refractivity contribution in [2.24, 2.45) is 0 Å². The Balaban J connectivity index is 2.09. The summed E-state index contributed by atoms with van der Waals surface area (Å²) in [6.07, 6.45) is 3.34. The largest absolute Gasteiger partial charge is 0.453 e. The first-order valence-corrected chi connectivity index (χ1v) is 6.25. The second kappa shape index (κ2) is 6.29. The van der Waals surface area contributed by atoms with Crippen LogP contribution in [0.5, 0.6) is 11.5 Å². The molecule has 1 heterocycles. The van der Waals surface area contributed by atoms with Crippen molar-refractivity contribution in [3.63, 3.8) is 0 Å². The van der Waals surface area contributed by atoms with Gasteiger partial charge in [0.05, 0.1) is 6.20 Å². The summed E-state index contributed by atoms with van der Waals surface area (Å²) >= 11 is 0. The molecule has 2 rings (SSSR count). The van der Waals surface area contributed by atoms with E-state index in [0.717, 1.165) is 5.56 Å². The van der Waals surface area contributed by atoms with E-state index < -0.39 is 0 Å². The molecule has 0 atom stereocenters. The van der Waals surface area contributed by atoms with Gasteiger partial charge in [0.1, 0.15) is 5.75 Å². The molecule has 0 saturated carbocycles. The van der Waals surface area contributed by atoms with Gasteiger partial charge in [0.25, 0.3) is 0 Å². The average molecular weight is 260 g/mol. The lowest BCUT2D eigenvalue weighted by molar-refractivity contribution is 0.439. The molecule has 0 spiro atoms. The van der Waals surface area contributed by atoms with Crippen LogP contribution in [-0.2, 0) is 6.54 Å². The molecule has 3 nitrogen and oxygen atoms in total. The van der Waals surface area contributed by atoms with Crippen LogP contribution in [0.3, 0.4) is 0 Å². The van der Waals surface area contributed by atoms with Crippen LogP contribution in [0.4, 0.5) is 4.39 Å². The maximum absolute atomic E-state index is 13.5. The van der Waals surface area contributed by atoms with E-state index in [1.807, 2.05) is 6.07 Å². The van der Waals surface area contributed by atoms with Gasteiger partial charge in [-0.2, -0.15) is 0 Å². The lowest BCUT2D eigenvalue weighted by Crippen LogP contribution is -2.21. The molecule has 0 fully saturated rings. The first-order chi connectivity index (χ1) is 9.15. The zero-order valence-electron chi connectivity index (χ0n) is 11.1. The van der Waals surface area contributed by atoms with Gasteiger partial charge in [-0.1, -0.05) is 26.0 Å². The highest BCUT2D eigenvalue weighted by Crippen LogP contribution is 2.23. The smallest absolute Gasteiger partial charge is 0.165 e. The van der Waals surface area contributed by atoms with Crippen molar-refractivity contribution in [2.45, 2.75) is 26.4 Å². The second-order valence-corrected chi connectivity index (χ2v) is 4.60. The van der Waals surface area contributed by atoms with Crippen molar-refractivity contribution in [1.29, 1.82) is 0 Å². The molecule has 4 heteroatoms. The summed E-state index contributed by atoms with van der Waals surface area (Å²) in [4.78, 5) is 4.10. The van der Waals surface area contributed by atoms with Crippen LogP contribution in [0.15, 0.2) is 42.7 Å². The monoisotopic (exact) mass is 260 g/mol. The number of halogens is 1. The number of aromatic nitrogens is 1. The zero-order chi connectivity index (χ0) is 13.7. The highest BCUT2D eigenvalue weighted by atomic mass is 19.1. The quantitative estimate of drug-likeness (QED) is 0.893. The number of para-hydroxylation sites is 1. The molecule has 0 saturated heterocycles. The molecule has 0 aliphatic rings.